The smallest absolute Gasteiger partial charge is 0.267 e. The van der Waals surface area contributed by atoms with Crippen molar-refractivity contribution in [1.29, 1.82) is 0 Å². The number of amides is 2. The first-order valence-corrected chi connectivity index (χ1v) is 8.69. The van der Waals surface area contributed by atoms with E-state index in [1.807, 2.05) is 24.3 Å². The highest BCUT2D eigenvalue weighted by molar-refractivity contribution is 6.39. The molecule has 0 saturated carbocycles. The third kappa shape index (κ3) is 4.17. The molecule has 7 nitrogen and oxygen atoms in total. The van der Waals surface area contributed by atoms with Crippen molar-refractivity contribution in [2.75, 3.05) is 26.7 Å². The molecule has 2 amide bonds. The average molecular weight is 344 g/mol. The topological polar surface area (TPSA) is 83.0 Å². The molecule has 25 heavy (non-hydrogen) atoms. The zero-order chi connectivity index (χ0) is 17.6. The van der Waals surface area contributed by atoms with Crippen molar-refractivity contribution >= 4 is 17.5 Å². The first-order valence-electron chi connectivity index (χ1n) is 8.69. The number of hydrogen-bond acceptors (Lipinski definition) is 5. The van der Waals surface area contributed by atoms with Gasteiger partial charge in [0, 0.05) is 24.9 Å². The van der Waals surface area contributed by atoms with Crippen LogP contribution < -0.4 is 15.5 Å². The number of nitrogens with zero attached hydrogens (tertiary/aromatic N) is 2. The largest absolute Gasteiger partial charge is 0.496 e. The molecule has 134 valence electrons. The van der Waals surface area contributed by atoms with E-state index in [0.29, 0.717) is 25.1 Å². The zero-order valence-corrected chi connectivity index (χ0v) is 14.5. The second-order valence-corrected chi connectivity index (χ2v) is 6.30. The maximum atomic E-state index is 12.4. The number of para-hydroxylation sites is 1. The minimum Gasteiger partial charge on any atom is -0.496 e. The summed E-state index contributed by atoms with van der Waals surface area (Å²) in [6.07, 6.45) is 3.01. The van der Waals surface area contributed by atoms with Crippen molar-refractivity contribution in [3.63, 3.8) is 0 Å². The van der Waals surface area contributed by atoms with Crippen LogP contribution in [0.5, 0.6) is 5.75 Å². The Bertz CT molecular complexity index is 668. The minimum atomic E-state index is -0.223. The third-order valence-electron chi connectivity index (χ3n) is 4.70. The summed E-state index contributed by atoms with van der Waals surface area (Å²) in [5.41, 5.74) is 3.81. The summed E-state index contributed by atoms with van der Waals surface area (Å²) in [6.45, 7) is 2.50. The van der Waals surface area contributed by atoms with Gasteiger partial charge in [-0.3, -0.25) is 14.5 Å². The predicted molar refractivity (Wildman–Crippen MR) is 94.4 cm³/mol. The molecule has 2 aliphatic heterocycles. The lowest BCUT2D eigenvalue weighted by Gasteiger charge is -2.29. The fourth-order valence-corrected chi connectivity index (χ4v) is 3.36. The fraction of sp³-hybridized carbons (Fsp3) is 0.500. The van der Waals surface area contributed by atoms with E-state index in [2.05, 4.69) is 20.7 Å². The number of benzene rings is 1. The normalized spacial score (nSPS) is 19.1. The van der Waals surface area contributed by atoms with Crippen LogP contribution in [0.15, 0.2) is 29.4 Å². The van der Waals surface area contributed by atoms with E-state index in [4.69, 9.17) is 4.74 Å². The van der Waals surface area contributed by atoms with Gasteiger partial charge in [-0.25, -0.2) is 5.43 Å². The Morgan fingerprint density at radius 3 is 2.76 bits per heavy atom. The Morgan fingerprint density at radius 2 is 2.08 bits per heavy atom. The molecule has 3 rings (SSSR count). The fourth-order valence-electron chi connectivity index (χ4n) is 3.36. The molecular weight excluding hydrogens is 320 g/mol. The second kappa shape index (κ2) is 8.11. The Balaban J connectivity index is 1.72. The molecule has 0 spiro atoms. The zero-order valence-electron chi connectivity index (χ0n) is 14.5. The van der Waals surface area contributed by atoms with Gasteiger partial charge < -0.3 is 10.1 Å². The highest BCUT2D eigenvalue weighted by atomic mass is 16.5. The molecule has 1 aromatic rings. The summed E-state index contributed by atoms with van der Waals surface area (Å²) >= 11 is 0. The highest BCUT2D eigenvalue weighted by Crippen LogP contribution is 2.31. The van der Waals surface area contributed by atoms with Gasteiger partial charge in [0.25, 0.3) is 5.91 Å². The van der Waals surface area contributed by atoms with Crippen LogP contribution >= 0.6 is 0 Å². The summed E-state index contributed by atoms with van der Waals surface area (Å²) in [7, 11) is 1.66. The van der Waals surface area contributed by atoms with Crippen LogP contribution in [0.25, 0.3) is 0 Å². The molecule has 1 fully saturated rings. The number of likely N-dealkylation sites (tertiary alicyclic amines) is 1. The predicted octanol–water partition coefficient (Wildman–Crippen LogP) is 1.21. The Hall–Kier alpha value is -2.41. The van der Waals surface area contributed by atoms with Crippen LogP contribution in [-0.2, 0) is 9.59 Å². The van der Waals surface area contributed by atoms with Gasteiger partial charge in [-0.2, -0.15) is 5.10 Å². The molecule has 7 heteroatoms. The molecule has 2 N–H and O–H groups in total. The van der Waals surface area contributed by atoms with E-state index >= 15 is 0 Å². The summed E-state index contributed by atoms with van der Waals surface area (Å²) < 4.78 is 5.51. The number of rotatable bonds is 6. The average Bonchev–Trinajstić information content (AvgIpc) is 3.17. The molecule has 0 aliphatic carbocycles. The maximum Gasteiger partial charge on any atom is 0.267 e. The van der Waals surface area contributed by atoms with Gasteiger partial charge in [-0.1, -0.05) is 18.2 Å². The van der Waals surface area contributed by atoms with Crippen molar-refractivity contribution in [2.45, 2.75) is 31.7 Å². The van der Waals surface area contributed by atoms with Gasteiger partial charge in [-0.15, -0.1) is 0 Å². The van der Waals surface area contributed by atoms with Gasteiger partial charge in [-0.05, 0) is 32.0 Å². The Labute approximate surface area is 147 Å². The summed E-state index contributed by atoms with van der Waals surface area (Å²) in [5.74, 6) is 0.454. The summed E-state index contributed by atoms with van der Waals surface area (Å²) in [5, 5.41) is 6.83. The van der Waals surface area contributed by atoms with Gasteiger partial charge in [0.05, 0.1) is 13.2 Å². The number of hydrazone groups is 1. The first-order chi connectivity index (χ1) is 12.2. The molecule has 0 aromatic heterocycles. The van der Waals surface area contributed by atoms with E-state index in [0.717, 1.165) is 24.4 Å². The highest BCUT2D eigenvalue weighted by Gasteiger charge is 2.27. The van der Waals surface area contributed by atoms with Gasteiger partial charge in [0.15, 0.2) is 0 Å². The summed E-state index contributed by atoms with van der Waals surface area (Å²) in [4.78, 5) is 25.9. The number of carbonyl (C=O) groups excluding carboxylic acids is 2. The van der Waals surface area contributed by atoms with E-state index in [1.165, 1.54) is 12.8 Å². The van der Waals surface area contributed by atoms with Crippen molar-refractivity contribution in [1.82, 2.24) is 15.6 Å². The number of nitrogens with one attached hydrogen (secondary N) is 2. The van der Waals surface area contributed by atoms with Crippen LogP contribution in [0.4, 0.5) is 0 Å². The molecule has 2 aliphatic rings. The molecule has 1 saturated heterocycles. The number of methoxy groups -OCH3 is 1. The summed E-state index contributed by atoms with van der Waals surface area (Å²) in [6, 6.07) is 7.99. The lowest BCUT2D eigenvalue weighted by molar-refractivity contribution is -0.121. The monoisotopic (exact) mass is 344 g/mol. The van der Waals surface area contributed by atoms with Gasteiger partial charge in [0.1, 0.15) is 11.5 Å². The molecule has 0 radical (unpaired) electrons. The van der Waals surface area contributed by atoms with Crippen LogP contribution in [0, 0.1) is 0 Å². The van der Waals surface area contributed by atoms with Crippen LogP contribution in [-0.4, -0.2) is 49.2 Å². The quantitative estimate of drug-likeness (QED) is 0.813. The SMILES string of the molecule is COc1ccccc1[C@H](CNC(=O)C1=NNC(=O)CC1)N1CCCC1. The number of ether oxygens (including phenoxy) is 1. The van der Waals surface area contributed by atoms with Crippen molar-refractivity contribution < 1.29 is 14.3 Å². The van der Waals surface area contributed by atoms with Crippen molar-refractivity contribution in [3.05, 3.63) is 29.8 Å². The molecule has 2 heterocycles. The van der Waals surface area contributed by atoms with E-state index in [9.17, 15) is 9.59 Å². The van der Waals surface area contributed by atoms with Crippen LogP contribution in [0.3, 0.4) is 0 Å². The number of carbonyl (C=O) groups is 2. The van der Waals surface area contributed by atoms with Gasteiger partial charge in [0.2, 0.25) is 5.91 Å². The third-order valence-corrected chi connectivity index (χ3v) is 4.70. The molecule has 1 aromatic carbocycles. The van der Waals surface area contributed by atoms with E-state index < -0.39 is 0 Å². The maximum absolute atomic E-state index is 12.4. The molecule has 0 bridgehead atoms. The minimum absolute atomic E-state index is 0.0568. The number of hydrogen-bond donors (Lipinski definition) is 2. The van der Waals surface area contributed by atoms with Crippen molar-refractivity contribution in [3.8, 4) is 5.75 Å². The molecular formula is C18H24N4O3. The molecule has 1 atom stereocenters. The van der Waals surface area contributed by atoms with Crippen LogP contribution in [0.1, 0.15) is 37.3 Å². The Kier molecular flexibility index (Phi) is 5.65. The lowest BCUT2D eigenvalue weighted by atomic mass is 10.0. The Morgan fingerprint density at radius 1 is 1.32 bits per heavy atom. The van der Waals surface area contributed by atoms with Crippen molar-refractivity contribution in [2.24, 2.45) is 5.10 Å². The van der Waals surface area contributed by atoms with E-state index in [1.54, 1.807) is 7.11 Å². The molecule has 0 unspecified atom stereocenters. The standard InChI is InChI=1S/C18H24N4O3/c1-25-16-7-3-2-6-13(16)15(22-10-4-5-11-22)12-19-18(24)14-8-9-17(23)21-20-14/h2-3,6-7,15H,4-5,8-12H2,1H3,(H,19,24)(H,21,23)/t15-/m0/s1. The van der Waals surface area contributed by atoms with E-state index in [-0.39, 0.29) is 17.9 Å². The lowest BCUT2D eigenvalue weighted by Crippen LogP contribution is -2.41. The van der Waals surface area contributed by atoms with Crippen LogP contribution in [0.2, 0.25) is 0 Å². The van der Waals surface area contributed by atoms with Gasteiger partial charge >= 0.3 is 0 Å². The second-order valence-electron chi connectivity index (χ2n) is 6.30. The first kappa shape index (κ1) is 17.4.